The van der Waals surface area contributed by atoms with Gasteiger partial charge in [0.1, 0.15) is 6.17 Å². The number of halogens is 2. The molecule has 3 unspecified atom stereocenters. The molecule has 1 heterocycles. The number of alkyl halides is 1. The molecule has 116 valence electrons. The van der Waals surface area contributed by atoms with Crippen LogP contribution < -0.4 is 5.73 Å². The van der Waals surface area contributed by atoms with Gasteiger partial charge in [-0.15, -0.1) is 0 Å². The predicted octanol–water partition coefficient (Wildman–Crippen LogP) is 3.07. The van der Waals surface area contributed by atoms with Gasteiger partial charge in [-0.2, -0.15) is 0 Å². The van der Waals surface area contributed by atoms with Crippen molar-refractivity contribution in [2.45, 2.75) is 51.4 Å². The third-order valence-electron chi connectivity index (χ3n) is 3.86. The molecule has 0 amide bonds. The topological polar surface area (TPSA) is 55.5 Å². The zero-order chi connectivity index (χ0) is 15.3. The van der Waals surface area contributed by atoms with Crippen LogP contribution in [0.4, 0.5) is 4.39 Å². The number of aliphatic hydroxyl groups excluding tert-OH is 1. The lowest BCUT2D eigenvalue weighted by Gasteiger charge is -2.45. The minimum Gasteiger partial charge on any atom is -0.396 e. The average molecular weight is 350 g/mol. The minimum absolute atomic E-state index is 0.0460. The summed E-state index contributed by atoms with van der Waals surface area (Å²) in [5, 5.41) is 9.52. The van der Waals surface area contributed by atoms with E-state index in [9.17, 15) is 9.50 Å². The summed E-state index contributed by atoms with van der Waals surface area (Å²) in [5.41, 5.74) is 5.98. The molecule has 1 aliphatic heterocycles. The summed E-state index contributed by atoms with van der Waals surface area (Å²) in [5.74, 6) is -0.163. The van der Waals surface area contributed by atoms with Gasteiger partial charge in [-0.3, -0.25) is 0 Å². The summed E-state index contributed by atoms with van der Waals surface area (Å²) in [7, 11) is 0. The number of rotatable bonds is 2. The summed E-state index contributed by atoms with van der Waals surface area (Å²) in [6.07, 6.45) is 3.45. The molecule has 20 heavy (non-hydrogen) atoms. The van der Waals surface area contributed by atoms with Crippen LogP contribution in [0.2, 0.25) is 0 Å². The van der Waals surface area contributed by atoms with Gasteiger partial charge in [0.05, 0.1) is 18.2 Å². The summed E-state index contributed by atoms with van der Waals surface area (Å²) in [6, 6.07) is 0. The zero-order valence-corrected chi connectivity index (χ0v) is 14.0. The molecule has 0 aromatic heterocycles. The SMILES string of the molecule is CC.C[C@H]1CC(CO)C(N)(C2=CC(Br)=CCC2F)CO1. The fourth-order valence-corrected chi connectivity index (χ4v) is 3.13. The monoisotopic (exact) mass is 349 g/mol. The second-order valence-corrected chi connectivity index (χ2v) is 6.08. The van der Waals surface area contributed by atoms with Crippen molar-refractivity contribution in [2.24, 2.45) is 11.7 Å². The molecule has 3 nitrogen and oxygen atoms in total. The number of ether oxygens (including phenoxy) is 1. The Morgan fingerprint density at radius 1 is 1.55 bits per heavy atom. The molecule has 1 saturated heterocycles. The van der Waals surface area contributed by atoms with Crippen LogP contribution in [0.25, 0.3) is 0 Å². The van der Waals surface area contributed by atoms with Crippen molar-refractivity contribution in [3.8, 4) is 0 Å². The molecular weight excluding hydrogens is 325 g/mol. The molecule has 0 radical (unpaired) electrons. The molecule has 1 aliphatic carbocycles. The lowest BCUT2D eigenvalue weighted by atomic mass is 9.72. The maximum absolute atomic E-state index is 14.1. The molecule has 0 spiro atoms. The van der Waals surface area contributed by atoms with Crippen molar-refractivity contribution >= 4 is 15.9 Å². The highest BCUT2D eigenvalue weighted by molar-refractivity contribution is 9.11. The number of hydrogen-bond donors (Lipinski definition) is 2. The van der Waals surface area contributed by atoms with Crippen LogP contribution in [-0.2, 0) is 4.74 Å². The van der Waals surface area contributed by atoms with Crippen molar-refractivity contribution in [3.63, 3.8) is 0 Å². The van der Waals surface area contributed by atoms with Crippen molar-refractivity contribution in [1.29, 1.82) is 0 Å². The molecule has 3 N–H and O–H groups in total. The standard InChI is InChI=1S/C13H19BrFNO2.C2H6/c1-8-4-9(6-17)13(16,7-18-8)11-5-10(14)2-3-12(11)15;1-2/h2,5,8-9,12,17H,3-4,6-7,16H2,1H3;1-2H3/t8-,9?,12?,13?;/m0./s1. The Labute approximate surface area is 129 Å². The van der Waals surface area contributed by atoms with Crippen molar-refractivity contribution in [3.05, 3.63) is 22.2 Å². The smallest absolute Gasteiger partial charge is 0.127 e. The maximum atomic E-state index is 14.1. The number of nitrogens with two attached hydrogens (primary N) is 1. The molecule has 1 fully saturated rings. The van der Waals surface area contributed by atoms with Crippen LogP contribution in [0, 0.1) is 5.92 Å². The molecule has 2 rings (SSSR count). The van der Waals surface area contributed by atoms with Gasteiger partial charge in [0.2, 0.25) is 0 Å². The normalized spacial score (nSPS) is 37.5. The molecular formula is C15H25BrFNO2. The summed E-state index contributed by atoms with van der Waals surface area (Å²) in [4.78, 5) is 0. The first-order valence-corrected chi connectivity index (χ1v) is 7.99. The van der Waals surface area contributed by atoms with Crippen LogP contribution >= 0.6 is 15.9 Å². The van der Waals surface area contributed by atoms with Crippen LogP contribution in [0.1, 0.15) is 33.6 Å². The summed E-state index contributed by atoms with van der Waals surface area (Å²) >= 11 is 3.36. The molecule has 0 saturated carbocycles. The van der Waals surface area contributed by atoms with Crippen LogP contribution in [0.5, 0.6) is 0 Å². The largest absolute Gasteiger partial charge is 0.396 e. The Morgan fingerprint density at radius 2 is 2.20 bits per heavy atom. The van der Waals surface area contributed by atoms with Crippen molar-refractivity contribution in [2.75, 3.05) is 13.2 Å². The molecule has 5 heteroatoms. The van der Waals surface area contributed by atoms with E-state index in [0.29, 0.717) is 18.4 Å². The highest BCUT2D eigenvalue weighted by atomic mass is 79.9. The second kappa shape index (κ2) is 7.69. The summed E-state index contributed by atoms with van der Waals surface area (Å²) < 4.78 is 20.5. The third-order valence-corrected chi connectivity index (χ3v) is 4.41. The van der Waals surface area contributed by atoms with E-state index in [2.05, 4.69) is 15.9 Å². The van der Waals surface area contributed by atoms with E-state index in [4.69, 9.17) is 10.5 Å². The maximum Gasteiger partial charge on any atom is 0.127 e. The zero-order valence-electron chi connectivity index (χ0n) is 12.4. The highest BCUT2D eigenvalue weighted by Crippen LogP contribution is 2.39. The predicted molar refractivity (Wildman–Crippen MR) is 83.5 cm³/mol. The fraction of sp³-hybridized carbons (Fsp3) is 0.733. The van der Waals surface area contributed by atoms with Gasteiger partial charge >= 0.3 is 0 Å². The van der Waals surface area contributed by atoms with E-state index in [-0.39, 0.29) is 25.2 Å². The lowest BCUT2D eigenvalue weighted by molar-refractivity contribution is -0.0553. The Morgan fingerprint density at radius 3 is 2.80 bits per heavy atom. The Kier molecular flexibility index (Phi) is 6.85. The Balaban J connectivity index is 0.000000956. The van der Waals surface area contributed by atoms with Crippen LogP contribution in [0.15, 0.2) is 22.2 Å². The molecule has 0 bridgehead atoms. The first-order valence-electron chi connectivity index (χ1n) is 7.20. The van der Waals surface area contributed by atoms with Gasteiger partial charge in [0.25, 0.3) is 0 Å². The quantitative estimate of drug-likeness (QED) is 0.805. The highest BCUT2D eigenvalue weighted by Gasteiger charge is 2.45. The van der Waals surface area contributed by atoms with E-state index in [1.165, 1.54) is 0 Å². The van der Waals surface area contributed by atoms with Crippen LogP contribution in [0.3, 0.4) is 0 Å². The van der Waals surface area contributed by atoms with E-state index < -0.39 is 11.7 Å². The average Bonchev–Trinajstić information content (AvgIpc) is 2.46. The van der Waals surface area contributed by atoms with Gasteiger partial charge in [0, 0.05) is 23.4 Å². The third kappa shape index (κ3) is 3.70. The molecule has 4 atom stereocenters. The minimum atomic E-state index is -1.10. The van der Waals surface area contributed by atoms with E-state index in [1.54, 1.807) is 12.2 Å². The number of allylic oxidation sites excluding steroid dienone is 3. The second-order valence-electron chi connectivity index (χ2n) is 5.17. The van der Waals surface area contributed by atoms with Gasteiger partial charge in [-0.25, -0.2) is 4.39 Å². The van der Waals surface area contributed by atoms with E-state index in [1.807, 2.05) is 20.8 Å². The van der Waals surface area contributed by atoms with Crippen molar-refractivity contribution in [1.82, 2.24) is 0 Å². The van der Waals surface area contributed by atoms with Gasteiger partial charge in [-0.05, 0) is 25.0 Å². The molecule has 0 aromatic carbocycles. The molecule has 2 aliphatic rings. The number of hydrogen-bond acceptors (Lipinski definition) is 3. The summed E-state index contributed by atoms with van der Waals surface area (Å²) in [6.45, 7) is 6.15. The Bertz CT molecular complexity index is 386. The van der Waals surface area contributed by atoms with Crippen molar-refractivity contribution < 1.29 is 14.2 Å². The molecule has 0 aromatic rings. The van der Waals surface area contributed by atoms with Gasteiger partial charge in [0.15, 0.2) is 0 Å². The first kappa shape index (κ1) is 17.8. The van der Waals surface area contributed by atoms with Gasteiger partial charge in [-0.1, -0.05) is 35.9 Å². The fourth-order valence-electron chi connectivity index (χ4n) is 2.70. The van der Waals surface area contributed by atoms with E-state index in [0.717, 1.165) is 4.48 Å². The lowest BCUT2D eigenvalue weighted by Crippen LogP contribution is -2.60. The number of aliphatic hydroxyl groups is 1. The van der Waals surface area contributed by atoms with E-state index >= 15 is 0 Å². The first-order chi connectivity index (χ1) is 9.47. The van der Waals surface area contributed by atoms with Gasteiger partial charge < -0.3 is 15.6 Å². The van der Waals surface area contributed by atoms with Crippen LogP contribution in [-0.4, -0.2) is 36.1 Å². The Hall–Kier alpha value is -0.230.